The Labute approximate surface area is 218 Å². The van der Waals surface area contributed by atoms with E-state index >= 15 is 0 Å². The number of Topliss-reactive ketones (excluding diaryl/α,β-unsaturated/α-hetero) is 1. The Morgan fingerprint density at radius 1 is 1.03 bits per heavy atom. The minimum atomic E-state index is -0.558. The van der Waals surface area contributed by atoms with E-state index in [0.29, 0.717) is 28.5 Å². The highest BCUT2D eigenvalue weighted by Gasteiger charge is 2.31. The molecule has 0 aromatic heterocycles. The van der Waals surface area contributed by atoms with Crippen LogP contribution in [0.15, 0.2) is 66.7 Å². The van der Waals surface area contributed by atoms with Gasteiger partial charge in [-0.15, -0.1) is 0 Å². The number of benzene rings is 3. The van der Waals surface area contributed by atoms with E-state index in [1.54, 1.807) is 26.0 Å². The molecule has 4 nitrogen and oxygen atoms in total. The molecule has 0 bridgehead atoms. The maximum Gasteiger partial charge on any atom is 0.223 e. The molecule has 0 heterocycles. The van der Waals surface area contributed by atoms with Crippen LogP contribution >= 0.6 is 11.6 Å². The molecule has 1 aliphatic carbocycles. The number of hydrogen-bond donors (Lipinski definition) is 2. The zero-order valence-electron chi connectivity index (χ0n) is 21.0. The van der Waals surface area contributed by atoms with E-state index in [1.165, 1.54) is 16.7 Å². The summed E-state index contributed by atoms with van der Waals surface area (Å²) in [4.78, 5) is 25.6. The summed E-state index contributed by atoms with van der Waals surface area (Å²) in [6.45, 7) is 3.52. The molecule has 3 atom stereocenters. The Bertz CT molecular complexity index is 1220. The van der Waals surface area contributed by atoms with Crippen molar-refractivity contribution in [3.63, 3.8) is 0 Å². The van der Waals surface area contributed by atoms with E-state index in [1.807, 2.05) is 6.07 Å². The van der Waals surface area contributed by atoms with E-state index < -0.39 is 6.04 Å². The fraction of sp³-hybridized carbons (Fsp3) is 0.355. The van der Waals surface area contributed by atoms with Crippen molar-refractivity contribution < 1.29 is 14.7 Å². The second-order valence-corrected chi connectivity index (χ2v) is 10.5. The van der Waals surface area contributed by atoms with Crippen LogP contribution in [0.25, 0.3) is 11.1 Å². The van der Waals surface area contributed by atoms with Gasteiger partial charge in [0.05, 0.1) is 6.04 Å². The largest absolute Gasteiger partial charge is 0.507 e. The molecule has 1 aliphatic rings. The van der Waals surface area contributed by atoms with E-state index in [4.69, 9.17) is 11.6 Å². The fourth-order valence-corrected chi connectivity index (χ4v) is 5.58. The fourth-order valence-electron chi connectivity index (χ4n) is 5.29. The van der Waals surface area contributed by atoms with Crippen molar-refractivity contribution in [2.24, 2.45) is 11.8 Å². The Morgan fingerprint density at radius 3 is 2.53 bits per heavy atom. The molecule has 0 saturated heterocycles. The SMILES string of the molecule is Cc1cc(Cl)cc(CCC(=O)[C@H](C)NC(=O)[C@@H]2CC[C@@H](Cc3ccccc3-c3ccccc3)C2)c1O. The molecule has 188 valence electrons. The number of carbonyl (C=O) groups is 2. The third-order valence-electron chi connectivity index (χ3n) is 7.35. The van der Waals surface area contributed by atoms with Crippen molar-refractivity contribution in [3.8, 4) is 16.9 Å². The van der Waals surface area contributed by atoms with Crippen LogP contribution in [0.4, 0.5) is 0 Å². The van der Waals surface area contributed by atoms with Gasteiger partial charge in [0.2, 0.25) is 5.91 Å². The molecule has 5 heteroatoms. The summed E-state index contributed by atoms with van der Waals surface area (Å²) in [7, 11) is 0. The van der Waals surface area contributed by atoms with E-state index in [2.05, 4.69) is 53.8 Å². The number of ketones is 1. The van der Waals surface area contributed by atoms with Crippen molar-refractivity contribution in [2.45, 2.75) is 58.4 Å². The number of halogens is 1. The number of aromatic hydroxyl groups is 1. The highest BCUT2D eigenvalue weighted by atomic mass is 35.5. The molecular formula is C31H34ClNO3. The van der Waals surface area contributed by atoms with Gasteiger partial charge in [-0.1, -0.05) is 66.2 Å². The van der Waals surface area contributed by atoms with Gasteiger partial charge in [-0.2, -0.15) is 0 Å². The maximum atomic E-state index is 12.9. The summed E-state index contributed by atoms with van der Waals surface area (Å²) in [6, 6.07) is 21.8. The molecule has 1 saturated carbocycles. The summed E-state index contributed by atoms with van der Waals surface area (Å²) in [5, 5.41) is 13.7. The molecule has 0 radical (unpaired) electrons. The van der Waals surface area contributed by atoms with Crippen LogP contribution in [0.1, 0.15) is 49.3 Å². The molecule has 0 spiro atoms. The lowest BCUT2D eigenvalue weighted by molar-refractivity contribution is -0.129. The van der Waals surface area contributed by atoms with Crippen molar-refractivity contribution >= 4 is 23.3 Å². The molecule has 3 aromatic rings. The quantitative estimate of drug-likeness (QED) is 0.342. The summed E-state index contributed by atoms with van der Waals surface area (Å²) >= 11 is 6.09. The van der Waals surface area contributed by atoms with Gasteiger partial charge in [-0.3, -0.25) is 9.59 Å². The van der Waals surface area contributed by atoms with Crippen LogP contribution < -0.4 is 5.32 Å². The molecule has 1 fully saturated rings. The smallest absolute Gasteiger partial charge is 0.223 e. The van der Waals surface area contributed by atoms with Crippen LogP contribution in [0, 0.1) is 18.8 Å². The summed E-state index contributed by atoms with van der Waals surface area (Å²) in [5.41, 5.74) is 5.13. The van der Waals surface area contributed by atoms with Gasteiger partial charge in [0.15, 0.2) is 5.78 Å². The molecule has 0 aliphatic heterocycles. The van der Waals surface area contributed by atoms with Crippen molar-refractivity contribution in [2.75, 3.05) is 0 Å². The first-order chi connectivity index (χ1) is 17.3. The Hall–Kier alpha value is -3.11. The number of phenolic OH excluding ortho intramolecular Hbond substituents is 1. The van der Waals surface area contributed by atoms with Gasteiger partial charge in [0.1, 0.15) is 5.75 Å². The minimum absolute atomic E-state index is 0.0314. The summed E-state index contributed by atoms with van der Waals surface area (Å²) < 4.78 is 0. The van der Waals surface area contributed by atoms with E-state index in [-0.39, 0.29) is 29.8 Å². The van der Waals surface area contributed by atoms with Gasteiger partial charge in [0.25, 0.3) is 0 Å². The zero-order chi connectivity index (χ0) is 25.7. The van der Waals surface area contributed by atoms with Crippen LogP contribution in [0.2, 0.25) is 5.02 Å². The standard InChI is InChI=1S/C31H34ClNO3/c1-20-16-27(32)19-25(30(20)35)14-15-29(34)21(2)33-31(36)26-13-12-22(18-26)17-24-10-6-7-11-28(24)23-8-4-3-5-9-23/h3-11,16,19,21-22,26,35H,12-15,17-18H2,1-2H3,(H,33,36)/t21-,22-,26+/m0/s1. The average molecular weight is 504 g/mol. The van der Waals surface area contributed by atoms with Crippen LogP contribution in [0.5, 0.6) is 5.75 Å². The van der Waals surface area contributed by atoms with Gasteiger partial charge in [0, 0.05) is 17.4 Å². The number of carbonyl (C=O) groups excluding carboxylic acids is 2. The molecule has 36 heavy (non-hydrogen) atoms. The Morgan fingerprint density at radius 2 is 1.75 bits per heavy atom. The molecule has 4 rings (SSSR count). The number of phenols is 1. The zero-order valence-corrected chi connectivity index (χ0v) is 21.7. The Kier molecular flexibility index (Phi) is 8.48. The summed E-state index contributed by atoms with van der Waals surface area (Å²) in [6.07, 6.45) is 4.27. The summed E-state index contributed by atoms with van der Waals surface area (Å²) in [5.74, 6) is 0.483. The molecule has 1 amide bonds. The van der Waals surface area contributed by atoms with E-state index in [0.717, 1.165) is 25.7 Å². The lowest BCUT2D eigenvalue weighted by atomic mass is 9.91. The van der Waals surface area contributed by atoms with Crippen molar-refractivity contribution in [3.05, 3.63) is 88.4 Å². The normalized spacial score (nSPS) is 18.1. The van der Waals surface area contributed by atoms with Crippen LogP contribution in [0.3, 0.4) is 0 Å². The predicted molar refractivity (Wildman–Crippen MR) is 145 cm³/mol. The van der Waals surface area contributed by atoms with Gasteiger partial charge < -0.3 is 10.4 Å². The second kappa shape index (κ2) is 11.7. The topological polar surface area (TPSA) is 66.4 Å². The third-order valence-corrected chi connectivity index (χ3v) is 7.57. The van der Waals surface area contributed by atoms with Gasteiger partial charge in [-0.25, -0.2) is 0 Å². The Balaban J connectivity index is 1.29. The van der Waals surface area contributed by atoms with Crippen molar-refractivity contribution in [1.82, 2.24) is 5.32 Å². The lowest BCUT2D eigenvalue weighted by Gasteiger charge is -2.17. The highest BCUT2D eigenvalue weighted by molar-refractivity contribution is 6.30. The maximum absolute atomic E-state index is 12.9. The third kappa shape index (κ3) is 6.36. The molecular weight excluding hydrogens is 470 g/mol. The molecule has 3 aromatic carbocycles. The van der Waals surface area contributed by atoms with Crippen LogP contribution in [-0.4, -0.2) is 22.8 Å². The first-order valence-electron chi connectivity index (χ1n) is 12.8. The number of nitrogens with one attached hydrogen (secondary N) is 1. The number of hydrogen-bond acceptors (Lipinski definition) is 3. The minimum Gasteiger partial charge on any atom is -0.507 e. The lowest BCUT2D eigenvalue weighted by Crippen LogP contribution is -2.41. The second-order valence-electron chi connectivity index (χ2n) is 10.0. The van der Waals surface area contributed by atoms with Gasteiger partial charge >= 0.3 is 0 Å². The van der Waals surface area contributed by atoms with E-state index in [9.17, 15) is 14.7 Å². The predicted octanol–water partition coefficient (Wildman–Crippen LogP) is 6.69. The number of aryl methyl sites for hydroxylation is 2. The van der Waals surface area contributed by atoms with Gasteiger partial charge in [-0.05, 0) is 91.8 Å². The number of rotatable bonds is 9. The molecule has 0 unspecified atom stereocenters. The van der Waals surface area contributed by atoms with Crippen LogP contribution in [-0.2, 0) is 22.4 Å². The first-order valence-corrected chi connectivity index (χ1v) is 13.1. The van der Waals surface area contributed by atoms with Crippen molar-refractivity contribution in [1.29, 1.82) is 0 Å². The monoisotopic (exact) mass is 503 g/mol. The number of amides is 1. The average Bonchev–Trinajstić information content (AvgIpc) is 3.34. The molecule has 2 N–H and O–H groups in total. The first kappa shape index (κ1) is 26.0. The highest BCUT2D eigenvalue weighted by Crippen LogP contribution is 2.36.